The molecule has 3 N–H and O–H groups in total. The van der Waals surface area contributed by atoms with E-state index < -0.39 is 16.9 Å². The Bertz CT molecular complexity index is 958. The summed E-state index contributed by atoms with van der Waals surface area (Å²) in [6.07, 6.45) is 0. The first-order valence-corrected chi connectivity index (χ1v) is 9.16. The van der Waals surface area contributed by atoms with Gasteiger partial charge in [0.2, 0.25) is 11.1 Å². The van der Waals surface area contributed by atoms with E-state index in [1.54, 1.807) is 19.2 Å². The summed E-state index contributed by atoms with van der Waals surface area (Å²) in [5.74, 6) is 4.14. The van der Waals surface area contributed by atoms with E-state index in [1.165, 1.54) is 22.1 Å². The van der Waals surface area contributed by atoms with Crippen LogP contribution in [0.5, 0.6) is 0 Å². The Hall–Kier alpha value is -2.53. The van der Waals surface area contributed by atoms with E-state index in [0.717, 1.165) is 23.9 Å². The van der Waals surface area contributed by atoms with Gasteiger partial charge in [-0.25, -0.2) is 18.4 Å². The average Bonchev–Trinajstić information content (AvgIpc) is 3.19. The zero-order valence-corrected chi connectivity index (χ0v) is 15.4. The van der Waals surface area contributed by atoms with E-state index in [0.29, 0.717) is 27.4 Å². The molecule has 1 amide bonds. The minimum Gasteiger partial charge on any atom is -0.336 e. The van der Waals surface area contributed by atoms with Crippen LogP contribution in [0.15, 0.2) is 28.7 Å². The lowest BCUT2D eigenvalue weighted by Gasteiger charge is -2.09. The molecule has 0 spiro atoms. The maximum Gasteiger partial charge on any atom is 0.239 e. The molecule has 1 atom stereocenters. The number of nitrogens with two attached hydrogens (primary N) is 1. The summed E-state index contributed by atoms with van der Waals surface area (Å²) in [5.41, 5.74) is 0.872. The van der Waals surface area contributed by atoms with Crippen LogP contribution in [0.4, 0.5) is 13.9 Å². The minimum absolute atomic E-state index is 0.290. The Kier molecular flexibility index (Phi) is 5.18. The molecule has 0 aliphatic carbocycles. The topological polar surface area (TPSA) is 98.7 Å². The lowest BCUT2D eigenvalue weighted by molar-refractivity contribution is -0.115. The number of aromatic nitrogens is 4. The van der Waals surface area contributed by atoms with Crippen LogP contribution in [0.1, 0.15) is 12.7 Å². The van der Waals surface area contributed by atoms with Gasteiger partial charge >= 0.3 is 0 Å². The molecule has 3 aromatic rings. The Morgan fingerprint density at radius 1 is 1.35 bits per heavy atom. The molecule has 2 heterocycles. The molecule has 0 radical (unpaired) electrons. The molecule has 0 bridgehead atoms. The van der Waals surface area contributed by atoms with E-state index in [-0.39, 0.29) is 5.91 Å². The van der Waals surface area contributed by atoms with Crippen molar-refractivity contribution in [3.63, 3.8) is 0 Å². The normalized spacial score (nSPS) is 12.2. The number of carbonyl (C=O) groups excluding carboxylic acids is 1. The molecular formula is C15H14F2N6OS2. The predicted molar refractivity (Wildman–Crippen MR) is 96.3 cm³/mol. The highest BCUT2D eigenvalue weighted by molar-refractivity contribution is 8.00. The molecule has 2 aromatic heterocycles. The van der Waals surface area contributed by atoms with E-state index in [2.05, 4.69) is 20.5 Å². The quantitative estimate of drug-likeness (QED) is 0.508. The van der Waals surface area contributed by atoms with Gasteiger partial charge in [-0.15, -0.1) is 21.5 Å². The highest BCUT2D eigenvalue weighted by Crippen LogP contribution is 2.27. The third-order valence-electron chi connectivity index (χ3n) is 3.44. The number of thiazole rings is 1. The maximum atomic E-state index is 13.3. The SMILES string of the molecule is Cc1nnc(S[C@H](C)C(=O)Nc2nc(-c3ccc(F)c(F)c3)cs2)n1N. The van der Waals surface area contributed by atoms with Crippen molar-refractivity contribution < 1.29 is 13.6 Å². The fraction of sp³-hybridized carbons (Fsp3) is 0.200. The number of anilines is 1. The highest BCUT2D eigenvalue weighted by Gasteiger charge is 2.20. The molecule has 3 rings (SSSR count). The van der Waals surface area contributed by atoms with Gasteiger partial charge < -0.3 is 11.2 Å². The van der Waals surface area contributed by atoms with E-state index in [4.69, 9.17) is 5.84 Å². The van der Waals surface area contributed by atoms with Crippen molar-refractivity contribution in [1.82, 2.24) is 19.9 Å². The monoisotopic (exact) mass is 396 g/mol. The molecule has 0 aliphatic rings. The standard InChI is InChI=1S/C15H14F2N6OS2/c1-7(26-15-22-21-8(2)23(15)18)13(24)20-14-19-12(6-25-14)9-3-4-10(16)11(17)5-9/h3-7H,18H2,1-2H3,(H,19,20,24)/t7-/m1/s1. The van der Waals surface area contributed by atoms with Gasteiger partial charge in [0.25, 0.3) is 0 Å². The Labute approximate surface area is 155 Å². The van der Waals surface area contributed by atoms with Crippen LogP contribution in [0.25, 0.3) is 11.3 Å². The second-order valence-electron chi connectivity index (χ2n) is 5.32. The molecule has 0 saturated heterocycles. The second kappa shape index (κ2) is 7.38. The van der Waals surface area contributed by atoms with Crippen LogP contribution in [-0.2, 0) is 4.79 Å². The molecule has 7 nitrogen and oxygen atoms in total. The fourth-order valence-corrected chi connectivity index (χ4v) is 3.51. The number of aryl methyl sites for hydroxylation is 1. The lowest BCUT2D eigenvalue weighted by atomic mass is 10.2. The summed E-state index contributed by atoms with van der Waals surface area (Å²) in [5, 5.41) is 12.4. The summed E-state index contributed by atoms with van der Waals surface area (Å²) in [7, 11) is 0. The average molecular weight is 396 g/mol. The number of thioether (sulfide) groups is 1. The number of carbonyl (C=O) groups is 1. The molecule has 1 aromatic carbocycles. The van der Waals surface area contributed by atoms with Crippen LogP contribution < -0.4 is 11.2 Å². The van der Waals surface area contributed by atoms with E-state index in [9.17, 15) is 13.6 Å². The largest absolute Gasteiger partial charge is 0.336 e. The number of rotatable bonds is 5. The first-order valence-electron chi connectivity index (χ1n) is 7.40. The van der Waals surface area contributed by atoms with Gasteiger partial charge in [0.15, 0.2) is 16.8 Å². The molecule has 0 unspecified atom stereocenters. The van der Waals surface area contributed by atoms with Crippen LogP contribution in [-0.4, -0.2) is 31.0 Å². The number of nitrogen functional groups attached to an aromatic ring is 1. The molecule has 0 fully saturated rings. The number of hydrogen-bond acceptors (Lipinski definition) is 7. The number of nitrogens with one attached hydrogen (secondary N) is 1. The third kappa shape index (κ3) is 3.83. The zero-order valence-electron chi connectivity index (χ0n) is 13.7. The van der Waals surface area contributed by atoms with E-state index >= 15 is 0 Å². The maximum absolute atomic E-state index is 13.3. The summed E-state index contributed by atoms with van der Waals surface area (Å²) in [6, 6.07) is 3.52. The van der Waals surface area contributed by atoms with Gasteiger partial charge in [0.1, 0.15) is 5.82 Å². The third-order valence-corrected chi connectivity index (χ3v) is 5.25. The van der Waals surface area contributed by atoms with Crippen molar-refractivity contribution in [3.05, 3.63) is 41.0 Å². The fourth-order valence-electron chi connectivity index (χ4n) is 1.97. The number of hydrogen-bond donors (Lipinski definition) is 2. The van der Waals surface area contributed by atoms with Crippen molar-refractivity contribution in [1.29, 1.82) is 0 Å². The van der Waals surface area contributed by atoms with Gasteiger partial charge in [-0.3, -0.25) is 4.79 Å². The van der Waals surface area contributed by atoms with Crippen LogP contribution in [0.2, 0.25) is 0 Å². The van der Waals surface area contributed by atoms with Crippen LogP contribution in [0, 0.1) is 18.6 Å². The first-order chi connectivity index (χ1) is 12.3. The van der Waals surface area contributed by atoms with Crippen LogP contribution >= 0.6 is 23.1 Å². The van der Waals surface area contributed by atoms with Crippen molar-refractivity contribution in [2.45, 2.75) is 24.3 Å². The molecule has 11 heteroatoms. The Morgan fingerprint density at radius 2 is 2.12 bits per heavy atom. The summed E-state index contributed by atoms with van der Waals surface area (Å²) in [6.45, 7) is 3.41. The van der Waals surface area contributed by atoms with Gasteiger partial charge in [-0.1, -0.05) is 11.8 Å². The van der Waals surface area contributed by atoms with Crippen molar-refractivity contribution >= 4 is 34.1 Å². The molecular weight excluding hydrogens is 382 g/mol. The van der Waals surface area contributed by atoms with Gasteiger partial charge in [-0.05, 0) is 32.0 Å². The lowest BCUT2D eigenvalue weighted by Crippen LogP contribution is -2.23. The van der Waals surface area contributed by atoms with Crippen molar-refractivity contribution in [2.24, 2.45) is 0 Å². The Balaban J connectivity index is 1.67. The molecule has 0 saturated carbocycles. The number of nitrogens with zero attached hydrogens (tertiary/aromatic N) is 4. The number of halogens is 2. The van der Waals surface area contributed by atoms with Crippen LogP contribution in [0.3, 0.4) is 0 Å². The smallest absolute Gasteiger partial charge is 0.239 e. The van der Waals surface area contributed by atoms with Crippen molar-refractivity contribution in [3.8, 4) is 11.3 Å². The zero-order chi connectivity index (χ0) is 18.8. The number of amides is 1. The minimum atomic E-state index is -0.952. The molecule has 26 heavy (non-hydrogen) atoms. The second-order valence-corrected chi connectivity index (χ2v) is 7.48. The summed E-state index contributed by atoms with van der Waals surface area (Å²) in [4.78, 5) is 16.5. The van der Waals surface area contributed by atoms with Crippen molar-refractivity contribution in [2.75, 3.05) is 11.2 Å². The molecule has 136 valence electrons. The first kappa shape index (κ1) is 18.3. The highest BCUT2D eigenvalue weighted by atomic mass is 32.2. The summed E-state index contributed by atoms with van der Waals surface area (Å²) < 4.78 is 27.7. The van der Waals surface area contributed by atoms with E-state index in [1.807, 2.05) is 0 Å². The van der Waals surface area contributed by atoms with Gasteiger partial charge in [-0.2, -0.15) is 0 Å². The molecule has 0 aliphatic heterocycles. The van der Waals surface area contributed by atoms with Gasteiger partial charge in [0.05, 0.1) is 10.9 Å². The number of benzene rings is 1. The predicted octanol–water partition coefficient (Wildman–Crippen LogP) is 2.82. The van der Waals surface area contributed by atoms with Gasteiger partial charge in [0, 0.05) is 10.9 Å². The summed E-state index contributed by atoms with van der Waals surface area (Å²) >= 11 is 2.35. The Morgan fingerprint density at radius 3 is 2.77 bits per heavy atom.